The van der Waals surface area contributed by atoms with Crippen molar-refractivity contribution in [2.75, 3.05) is 13.3 Å². The topological polar surface area (TPSA) is 84.5 Å². The Morgan fingerprint density at radius 3 is 2.82 bits per heavy atom. The van der Waals surface area contributed by atoms with E-state index in [4.69, 9.17) is 9.47 Å². The van der Waals surface area contributed by atoms with Crippen LogP contribution in [0.1, 0.15) is 23.0 Å². The van der Waals surface area contributed by atoms with Gasteiger partial charge in [-0.15, -0.1) is 0 Å². The third-order valence-corrected chi connectivity index (χ3v) is 3.38. The van der Waals surface area contributed by atoms with Crippen LogP contribution in [0.2, 0.25) is 0 Å². The summed E-state index contributed by atoms with van der Waals surface area (Å²) in [6, 6.07) is 8.29. The second kappa shape index (κ2) is 5.88. The SMILES string of the molecule is CCN(Cc1ccc2c(c1)OCO2)C(=O)c1ccc(=O)[nH]n1. The number of hydrogen-bond acceptors (Lipinski definition) is 5. The molecule has 22 heavy (non-hydrogen) atoms. The minimum Gasteiger partial charge on any atom is -0.454 e. The molecule has 1 aromatic carbocycles. The summed E-state index contributed by atoms with van der Waals surface area (Å²) in [7, 11) is 0. The number of nitrogens with one attached hydrogen (secondary N) is 1. The smallest absolute Gasteiger partial charge is 0.274 e. The van der Waals surface area contributed by atoms with E-state index in [0.29, 0.717) is 24.6 Å². The van der Waals surface area contributed by atoms with Crippen molar-refractivity contribution in [3.8, 4) is 11.5 Å². The molecular weight excluding hydrogens is 286 g/mol. The Bertz CT molecular complexity index is 736. The van der Waals surface area contributed by atoms with Crippen molar-refractivity contribution in [2.24, 2.45) is 0 Å². The quantitative estimate of drug-likeness (QED) is 0.916. The van der Waals surface area contributed by atoms with Gasteiger partial charge in [0, 0.05) is 19.2 Å². The number of carbonyl (C=O) groups is 1. The highest BCUT2D eigenvalue weighted by Gasteiger charge is 2.18. The highest BCUT2D eigenvalue weighted by atomic mass is 16.7. The van der Waals surface area contributed by atoms with Crippen LogP contribution < -0.4 is 15.0 Å². The van der Waals surface area contributed by atoms with Gasteiger partial charge >= 0.3 is 0 Å². The molecule has 0 aliphatic carbocycles. The van der Waals surface area contributed by atoms with Crippen LogP contribution in [-0.4, -0.2) is 34.3 Å². The number of aromatic amines is 1. The van der Waals surface area contributed by atoms with Crippen LogP contribution in [0.15, 0.2) is 35.1 Å². The fraction of sp³-hybridized carbons (Fsp3) is 0.267. The van der Waals surface area contributed by atoms with Gasteiger partial charge in [-0.2, -0.15) is 5.10 Å². The molecule has 0 bridgehead atoms. The average Bonchev–Trinajstić information content (AvgIpc) is 3.00. The van der Waals surface area contributed by atoms with Gasteiger partial charge in [-0.3, -0.25) is 9.59 Å². The molecular formula is C15H15N3O4. The van der Waals surface area contributed by atoms with Crippen LogP contribution in [0.5, 0.6) is 11.5 Å². The summed E-state index contributed by atoms with van der Waals surface area (Å²) in [5, 5.41) is 6.04. The molecule has 0 saturated heterocycles. The fourth-order valence-corrected chi connectivity index (χ4v) is 2.21. The Morgan fingerprint density at radius 1 is 1.27 bits per heavy atom. The van der Waals surface area contributed by atoms with Crippen molar-refractivity contribution in [3.05, 3.63) is 51.9 Å². The second-order valence-corrected chi connectivity index (χ2v) is 4.81. The van der Waals surface area contributed by atoms with Gasteiger partial charge < -0.3 is 14.4 Å². The number of H-pyrrole nitrogens is 1. The number of hydrogen-bond donors (Lipinski definition) is 1. The van der Waals surface area contributed by atoms with Crippen LogP contribution in [0.3, 0.4) is 0 Å². The summed E-state index contributed by atoms with van der Waals surface area (Å²) in [5.74, 6) is 1.15. The van der Waals surface area contributed by atoms with Gasteiger partial charge in [-0.05, 0) is 30.7 Å². The summed E-state index contributed by atoms with van der Waals surface area (Å²) >= 11 is 0. The lowest BCUT2D eigenvalue weighted by Crippen LogP contribution is -2.31. The Hall–Kier alpha value is -2.83. The number of carbonyl (C=O) groups excluding carboxylic acids is 1. The van der Waals surface area contributed by atoms with E-state index in [1.165, 1.54) is 12.1 Å². The summed E-state index contributed by atoms with van der Waals surface area (Å²) in [6.45, 7) is 3.05. The van der Waals surface area contributed by atoms with Gasteiger partial charge in [0.1, 0.15) is 5.69 Å². The van der Waals surface area contributed by atoms with Crippen molar-refractivity contribution >= 4 is 5.91 Å². The third kappa shape index (κ3) is 2.78. The highest BCUT2D eigenvalue weighted by molar-refractivity contribution is 5.92. The predicted octanol–water partition coefficient (Wildman–Crippen LogP) is 1.16. The lowest BCUT2D eigenvalue weighted by atomic mass is 10.2. The zero-order valence-corrected chi connectivity index (χ0v) is 12.0. The number of ether oxygens (including phenoxy) is 2. The average molecular weight is 301 g/mol. The van der Waals surface area contributed by atoms with Gasteiger partial charge in [0.05, 0.1) is 0 Å². The molecule has 0 unspecified atom stereocenters. The molecule has 114 valence electrons. The third-order valence-electron chi connectivity index (χ3n) is 3.38. The predicted molar refractivity (Wildman–Crippen MR) is 77.8 cm³/mol. The summed E-state index contributed by atoms with van der Waals surface area (Å²) in [6.07, 6.45) is 0. The van der Waals surface area contributed by atoms with Gasteiger partial charge in [0.2, 0.25) is 6.79 Å². The molecule has 3 rings (SSSR count). The first kappa shape index (κ1) is 14.1. The van der Waals surface area contributed by atoms with Crippen LogP contribution in [0.25, 0.3) is 0 Å². The molecule has 1 aliphatic rings. The summed E-state index contributed by atoms with van der Waals surface area (Å²) < 4.78 is 10.6. The van der Waals surface area contributed by atoms with Crippen molar-refractivity contribution in [1.82, 2.24) is 15.1 Å². The van der Waals surface area contributed by atoms with E-state index < -0.39 is 0 Å². The fourth-order valence-electron chi connectivity index (χ4n) is 2.21. The number of rotatable bonds is 4. The van der Waals surface area contributed by atoms with E-state index in [0.717, 1.165) is 5.56 Å². The lowest BCUT2D eigenvalue weighted by Gasteiger charge is -2.20. The number of fused-ring (bicyclic) bond motifs is 1. The van der Waals surface area contributed by atoms with E-state index >= 15 is 0 Å². The molecule has 0 spiro atoms. The van der Waals surface area contributed by atoms with Gasteiger partial charge in [0.25, 0.3) is 11.5 Å². The molecule has 2 heterocycles. The maximum atomic E-state index is 12.4. The molecule has 0 radical (unpaired) electrons. The zero-order valence-electron chi connectivity index (χ0n) is 12.0. The Kier molecular flexibility index (Phi) is 3.78. The maximum absolute atomic E-state index is 12.4. The van der Waals surface area contributed by atoms with E-state index in [9.17, 15) is 9.59 Å². The largest absolute Gasteiger partial charge is 0.454 e. The number of amides is 1. The molecule has 7 heteroatoms. The monoisotopic (exact) mass is 301 g/mol. The van der Waals surface area contributed by atoms with E-state index in [1.807, 2.05) is 25.1 Å². The maximum Gasteiger partial charge on any atom is 0.274 e. The number of aromatic nitrogens is 2. The Labute approximate surface area is 126 Å². The minimum atomic E-state index is -0.338. The van der Waals surface area contributed by atoms with Gasteiger partial charge in [-0.1, -0.05) is 6.07 Å². The molecule has 1 aliphatic heterocycles. The molecule has 0 fully saturated rings. The molecule has 1 aromatic heterocycles. The van der Waals surface area contributed by atoms with E-state index in [1.54, 1.807) is 4.90 Å². The van der Waals surface area contributed by atoms with Crippen molar-refractivity contribution < 1.29 is 14.3 Å². The van der Waals surface area contributed by atoms with Crippen LogP contribution in [0.4, 0.5) is 0 Å². The first-order chi connectivity index (χ1) is 10.7. The first-order valence-electron chi connectivity index (χ1n) is 6.91. The summed E-state index contributed by atoms with van der Waals surface area (Å²) in [5.41, 5.74) is 0.807. The Morgan fingerprint density at radius 2 is 2.09 bits per heavy atom. The number of nitrogens with zero attached hydrogens (tertiary/aromatic N) is 2. The Balaban J connectivity index is 1.78. The molecule has 7 nitrogen and oxygen atoms in total. The molecule has 2 aromatic rings. The van der Waals surface area contributed by atoms with Crippen molar-refractivity contribution in [2.45, 2.75) is 13.5 Å². The standard InChI is InChI=1S/C15H15N3O4/c1-2-18(15(20)11-4-6-14(19)17-16-11)8-10-3-5-12-13(7-10)22-9-21-12/h3-7H,2,8-9H2,1H3,(H,17,19). The first-order valence-corrected chi connectivity index (χ1v) is 6.91. The highest BCUT2D eigenvalue weighted by Crippen LogP contribution is 2.32. The van der Waals surface area contributed by atoms with Crippen LogP contribution in [0, 0.1) is 0 Å². The lowest BCUT2D eigenvalue weighted by molar-refractivity contribution is 0.0745. The van der Waals surface area contributed by atoms with Crippen LogP contribution >= 0.6 is 0 Å². The second-order valence-electron chi connectivity index (χ2n) is 4.81. The molecule has 1 amide bonds. The van der Waals surface area contributed by atoms with Gasteiger partial charge in [0.15, 0.2) is 11.5 Å². The molecule has 1 N–H and O–H groups in total. The van der Waals surface area contributed by atoms with E-state index in [-0.39, 0.29) is 24.0 Å². The van der Waals surface area contributed by atoms with Crippen molar-refractivity contribution in [3.63, 3.8) is 0 Å². The van der Waals surface area contributed by atoms with Crippen molar-refractivity contribution in [1.29, 1.82) is 0 Å². The van der Waals surface area contributed by atoms with E-state index in [2.05, 4.69) is 10.2 Å². The zero-order chi connectivity index (χ0) is 15.5. The van der Waals surface area contributed by atoms with Gasteiger partial charge in [-0.25, -0.2) is 5.10 Å². The molecule has 0 saturated carbocycles. The number of benzene rings is 1. The molecule has 0 atom stereocenters. The minimum absolute atomic E-state index is 0.210. The summed E-state index contributed by atoms with van der Waals surface area (Å²) in [4.78, 5) is 25.1. The van der Waals surface area contributed by atoms with Crippen LogP contribution in [-0.2, 0) is 6.54 Å². The normalized spacial score (nSPS) is 12.2.